The lowest BCUT2D eigenvalue weighted by Gasteiger charge is -2.10. The van der Waals surface area contributed by atoms with Crippen molar-refractivity contribution in [2.75, 3.05) is 5.32 Å². The van der Waals surface area contributed by atoms with Crippen molar-refractivity contribution in [3.63, 3.8) is 0 Å². The third-order valence-electron chi connectivity index (χ3n) is 2.53. The fourth-order valence-electron chi connectivity index (χ4n) is 1.58. The number of rotatable bonds is 3. The quantitative estimate of drug-likeness (QED) is 0.774. The van der Waals surface area contributed by atoms with Gasteiger partial charge in [0.15, 0.2) is 0 Å². The molecule has 5 nitrogen and oxygen atoms in total. The van der Waals surface area contributed by atoms with Gasteiger partial charge in [-0.2, -0.15) is 0 Å². The fraction of sp³-hybridized carbons (Fsp3) is 0. The Kier molecular flexibility index (Phi) is 4.82. The molecule has 108 valence electrons. The van der Waals surface area contributed by atoms with Gasteiger partial charge in [-0.25, -0.2) is 9.78 Å². The molecule has 0 saturated carbocycles. The molecule has 1 heterocycles. The normalized spacial score (nSPS) is 10.2. The molecule has 0 radical (unpaired) electrons. The molecule has 0 saturated heterocycles. The summed E-state index contributed by atoms with van der Waals surface area (Å²) in [6, 6.07) is 5.73. The minimum Gasteiger partial charge on any atom is -0.478 e. The van der Waals surface area contributed by atoms with Crippen molar-refractivity contribution in [2.45, 2.75) is 0 Å². The first-order valence-corrected chi connectivity index (χ1v) is 7.08. The number of carbonyl (C=O) groups excluding carboxylic acids is 1. The van der Waals surface area contributed by atoms with Crippen molar-refractivity contribution >= 4 is 56.7 Å². The monoisotopic (exact) mass is 388 g/mol. The number of carbonyl (C=O) groups is 2. The van der Waals surface area contributed by atoms with Gasteiger partial charge in [-0.3, -0.25) is 4.79 Å². The summed E-state index contributed by atoms with van der Waals surface area (Å²) in [5.74, 6) is -1.73. The summed E-state index contributed by atoms with van der Waals surface area (Å²) in [5.41, 5.74) is 0.210. The molecule has 21 heavy (non-hydrogen) atoms. The molecule has 0 aliphatic heterocycles. The van der Waals surface area contributed by atoms with Gasteiger partial charge < -0.3 is 10.4 Å². The van der Waals surface area contributed by atoms with Crippen LogP contribution in [0.1, 0.15) is 20.7 Å². The summed E-state index contributed by atoms with van der Waals surface area (Å²) in [5, 5.41) is 11.8. The summed E-state index contributed by atoms with van der Waals surface area (Å²) in [6.45, 7) is 0. The van der Waals surface area contributed by atoms with Crippen LogP contribution in [0.4, 0.5) is 5.69 Å². The Hall–Kier alpha value is -1.63. The molecule has 1 aromatic carbocycles. The van der Waals surface area contributed by atoms with Crippen LogP contribution in [0, 0.1) is 0 Å². The largest absolute Gasteiger partial charge is 0.478 e. The lowest BCUT2D eigenvalue weighted by Crippen LogP contribution is -2.15. The molecule has 0 fully saturated rings. The summed E-state index contributed by atoms with van der Waals surface area (Å²) < 4.78 is 0.627. The Morgan fingerprint density at radius 3 is 2.57 bits per heavy atom. The number of hydrogen-bond acceptors (Lipinski definition) is 3. The standard InChI is InChI=1S/C13H7BrCl2N2O3/c14-6-1-2-7(13(20)21)10(3-6)18-12(19)8-4-11(16)17-5-9(8)15/h1-5H,(H,18,19)(H,20,21). The van der Waals surface area contributed by atoms with Crippen molar-refractivity contribution in [1.29, 1.82) is 0 Å². The van der Waals surface area contributed by atoms with E-state index in [1.165, 1.54) is 24.4 Å². The molecule has 0 bridgehead atoms. The van der Waals surface area contributed by atoms with Crippen LogP contribution in [0.3, 0.4) is 0 Å². The number of aromatic nitrogens is 1. The second-order valence-corrected chi connectivity index (χ2v) is 5.65. The van der Waals surface area contributed by atoms with E-state index in [4.69, 9.17) is 28.3 Å². The molecule has 1 amide bonds. The Morgan fingerprint density at radius 2 is 1.90 bits per heavy atom. The van der Waals surface area contributed by atoms with E-state index in [1.807, 2.05) is 0 Å². The van der Waals surface area contributed by atoms with E-state index < -0.39 is 11.9 Å². The molecule has 2 aromatic rings. The lowest BCUT2D eigenvalue weighted by atomic mass is 10.1. The van der Waals surface area contributed by atoms with Gasteiger partial charge in [0.2, 0.25) is 0 Å². The Labute approximate surface area is 138 Å². The van der Waals surface area contributed by atoms with E-state index in [0.29, 0.717) is 4.47 Å². The van der Waals surface area contributed by atoms with Crippen molar-refractivity contribution in [2.24, 2.45) is 0 Å². The summed E-state index contributed by atoms with van der Waals surface area (Å²) >= 11 is 14.8. The zero-order chi connectivity index (χ0) is 15.6. The molecule has 0 aliphatic rings. The number of nitrogens with one attached hydrogen (secondary N) is 1. The van der Waals surface area contributed by atoms with Crippen LogP contribution in [0.25, 0.3) is 0 Å². The highest BCUT2D eigenvalue weighted by Crippen LogP contribution is 2.24. The van der Waals surface area contributed by atoms with Crippen LogP contribution in [0.2, 0.25) is 10.2 Å². The molecular weight excluding hydrogens is 383 g/mol. The fourth-order valence-corrected chi connectivity index (χ4v) is 2.29. The van der Waals surface area contributed by atoms with Crippen LogP contribution in [-0.2, 0) is 0 Å². The third kappa shape index (κ3) is 3.72. The number of aromatic carboxylic acids is 1. The molecule has 8 heteroatoms. The van der Waals surface area contributed by atoms with Crippen molar-refractivity contribution < 1.29 is 14.7 Å². The highest BCUT2D eigenvalue weighted by atomic mass is 79.9. The first-order chi connectivity index (χ1) is 9.88. The van der Waals surface area contributed by atoms with Crippen molar-refractivity contribution in [3.8, 4) is 0 Å². The molecule has 0 atom stereocenters. The van der Waals surface area contributed by atoms with E-state index in [9.17, 15) is 9.59 Å². The maximum absolute atomic E-state index is 12.2. The summed E-state index contributed by atoms with van der Waals surface area (Å²) in [7, 11) is 0. The Morgan fingerprint density at radius 1 is 1.19 bits per heavy atom. The molecule has 0 unspecified atom stereocenters. The Bertz CT molecular complexity index is 737. The molecular formula is C13H7BrCl2N2O3. The highest BCUT2D eigenvalue weighted by Gasteiger charge is 2.16. The van der Waals surface area contributed by atoms with Gasteiger partial charge in [-0.15, -0.1) is 0 Å². The van der Waals surface area contributed by atoms with E-state index in [-0.39, 0.29) is 27.0 Å². The van der Waals surface area contributed by atoms with Gasteiger partial charge in [-0.05, 0) is 24.3 Å². The number of amides is 1. The highest BCUT2D eigenvalue weighted by molar-refractivity contribution is 9.10. The second-order valence-electron chi connectivity index (χ2n) is 3.94. The van der Waals surface area contributed by atoms with Crippen molar-refractivity contribution in [1.82, 2.24) is 4.98 Å². The molecule has 0 aliphatic carbocycles. The van der Waals surface area contributed by atoms with Gasteiger partial charge in [0, 0.05) is 10.7 Å². The molecule has 1 aromatic heterocycles. The number of nitrogens with zero attached hydrogens (tertiary/aromatic N) is 1. The zero-order valence-electron chi connectivity index (χ0n) is 10.2. The molecule has 2 N–H and O–H groups in total. The number of hydrogen-bond donors (Lipinski definition) is 2. The maximum Gasteiger partial charge on any atom is 0.337 e. The van der Waals surface area contributed by atoms with E-state index in [2.05, 4.69) is 26.2 Å². The average molecular weight is 390 g/mol. The predicted octanol–water partition coefficient (Wildman–Crippen LogP) is 4.10. The minimum atomic E-state index is -1.16. The van der Waals surface area contributed by atoms with Gasteiger partial charge >= 0.3 is 5.97 Å². The predicted molar refractivity (Wildman–Crippen MR) is 83.3 cm³/mol. The third-order valence-corrected chi connectivity index (χ3v) is 3.53. The number of pyridine rings is 1. The number of carboxylic acids is 1. The molecule has 2 rings (SSSR count). The first-order valence-electron chi connectivity index (χ1n) is 5.53. The van der Waals surface area contributed by atoms with Crippen LogP contribution >= 0.6 is 39.1 Å². The van der Waals surface area contributed by atoms with Crippen molar-refractivity contribution in [3.05, 3.63) is 56.2 Å². The summed E-state index contributed by atoms with van der Waals surface area (Å²) in [6.07, 6.45) is 1.25. The van der Waals surface area contributed by atoms with Crippen LogP contribution in [-0.4, -0.2) is 22.0 Å². The molecule has 0 spiro atoms. The zero-order valence-corrected chi connectivity index (χ0v) is 13.3. The van der Waals surface area contributed by atoms with Crippen LogP contribution in [0.15, 0.2) is 34.9 Å². The number of halogens is 3. The van der Waals surface area contributed by atoms with Gasteiger partial charge in [0.05, 0.1) is 21.8 Å². The number of carboxylic acid groups (broad SMARTS) is 1. The second kappa shape index (κ2) is 6.43. The first kappa shape index (κ1) is 15.8. The Balaban J connectivity index is 2.38. The van der Waals surface area contributed by atoms with Crippen LogP contribution < -0.4 is 5.32 Å². The van der Waals surface area contributed by atoms with Crippen LogP contribution in [0.5, 0.6) is 0 Å². The minimum absolute atomic E-state index is 0.0391. The smallest absolute Gasteiger partial charge is 0.337 e. The van der Waals surface area contributed by atoms with Gasteiger partial charge in [0.1, 0.15) is 5.15 Å². The summed E-state index contributed by atoms with van der Waals surface area (Å²) in [4.78, 5) is 27.1. The van der Waals surface area contributed by atoms with Gasteiger partial charge in [0.25, 0.3) is 5.91 Å². The van der Waals surface area contributed by atoms with E-state index >= 15 is 0 Å². The SMILES string of the molecule is O=C(Nc1cc(Br)ccc1C(=O)O)c1cc(Cl)ncc1Cl. The van der Waals surface area contributed by atoms with Gasteiger partial charge in [-0.1, -0.05) is 39.1 Å². The lowest BCUT2D eigenvalue weighted by molar-refractivity contribution is 0.0698. The maximum atomic E-state index is 12.2. The number of benzene rings is 1. The topological polar surface area (TPSA) is 79.3 Å². The number of anilines is 1. The average Bonchev–Trinajstić information content (AvgIpc) is 2.41. The van der Waals surface area contributed by atoms with E-state index in [0.717, 1.165) is 0 Å². The van der Waals surface area contributed by atoms with E-state index in [1.54, 1.807) is 6.07 Å².